The van der Waals surface area contributed by atoms with E-state index in [-0.39, 0.29) is 9.79 Å². The molecule has 0 aliphatic heterocycles. The summed E-state index contributed by atoms with van der Waals surface area (Å²) in [6, 6.07) is 17.0. The second-order valence-electron chi connectivity index (χ2n) is 9.45. The van der Waals surface area contributed by atoms with E-state index in [0.29, 0.717) is 9.81 Å². The molecule has 1 saturated carbocycles. The molecule has 2 aromatic carbocycles. The molecule has 2 unspecified atom stereocenters. The monoisotopic (exact) mass is 624 g/mol. The van der Waals surface area contributed by atoms with E-state index >= 15 is 0 Å². The summed E-state index contributed by atoms with van der Waals surface area (Å²) >= 11 is 7.64. The fourth-order valence-electron chi connectivity index (χ4n) is 6.02. The molecule has 0 heterocycles. The number of allylic oxidation sites excluding steroid dienone is 4. The van der Waals surface area contributed by atoms with Crippen LogP contribution in [-0.2, 0) is 19.7 Å². The molecule has 3 aliphatic rings. The lowest BCUT2D eigenvalue weighted by Crippen LogP contribution is -2.46. The van der Waals surface area contributed by atoms with E-state index in [1.807, 2.05) is 12.2 Å². The van der Waals surface area contributed by atoms with Crippen LogP contribution in [0, 0.1) is 10.8 Å². The molecule has 4 nitrogen and oxygen atoms in total. The molecule has 0 spiro atoms. The third kappa shape index (κ3) is 3.46. The predicted octanol–water partition coefficient (Wildman–Crippen LogP) is 6.58. The van der Waals surface area contributed by atoms with Crippen LogP contribution in [0.25, 0.3) is 0 Å². The van der Waals surface area contributed by atoms with E-state index in [1.54, 1.807) is 60.7 Å². The fourth-order valence-corrected chi connectivity index (χ4v) is 13.2. The lowest BCUT2D eigenvalue weighted by atomic mass is 9.61. The summed E-state index contributed by atoms with van der Waals surface area (Å²) in [5.74, 6) is 0. The van der Waals surface area contributed by atoms with E-state index in [4.69, 9.17) is 0 Å². The molecule has 2 atom stereocenters. The van der Waals surface area contributed by atoms with E-state index in [1.165, 1.54) is 0 Å². The molecule has 0 N–H and O–H groups in total. The van der Waals surface area contributed by atoms with Crippen molar-refractivity contribution >= 4 is 51.5 Å². The number of rotatable bonds is 4. The quantitative estimate of drug-likeness (QED) is 0.360. The third-order valence-corrected chi connectivity index (χ3v) is 14.7. The molecule has 0 amide bonds. The minimum absolute atomic E-state index is 0.262. The topological polar surface area (TPSA) is 68.3 Å². The van der Waals surface area contributed by atoms with Crippen molar-refractivity contribution in [3.05, 3.63) is 82.6 Å². The molecule has 1 fully saturated rings. The smallest absolute Gasteiger partial charge is 0.203 e. The van der Waals surface area contributed by atoms with Gasteiger partial charge < -0.3 is 0 Å². The summed E-state index contributed by atoms with van der Waals surface area (Å²) in [6.45, 7) is 0. The Bertz CT molecular complexity index is 1270. The molecule has 3 aliphatic carbocycles. The van der Waals surface area contributed by atoms with Gasteiger partial charge in [0, 0.05) is 10.8 Å². The van der Waals surface area contributed by atoms with Crippen molar-refractivity contribution in [2.45, 2.75) is 58.0 Å². The van der Waals surface area contributed by atoms with Gasteiger partial charge in [-0.25, -0.2) is 16.8 Å². The summed E-state index contributed by atoms with van der Waals surface area (Å²) in [5, 5.41) is 0. The van der Waals surface area contributed by atoms with Crippen molar-refractivity contribution in [1.82, 2.24) is 0 Å². The molecule has 2 aromatic rings. The zero-order valence-corrected chi connectivity index (χ0v) is 23.3. The molecular weight excluding hydrogens is 600 g/mol. The van der Waals surface area contributed by atoms with Crippen LogP contribution in [0.4, 0.5) is 0 Å². The van der Waals surface area contributed by atoms with Gasteiger partial charge in [-0.15, -0.1) is 0 Å². The zero-order chi connectivity index (χ0) is 24.2. The largest absolute Gasteiger partial charge is 0.219 e. The van der Waals surface area contributed by atoms with E-state index in [9.17, 15) is 16.8 Å². The molecule has 0 radical (unpaired) electrons. The summed E-state index contributed by atoms with van der Waals surface area (Å²) < 4.78 is 55.0. The third-order valence-electron chi connectivity index (χ3n) is 7.73. The second kappa shape index (κ2) is 8.71. The van der Waals surface area contributed by atoms with Gasteiger partial charge in [0.05, 0.1) is 29.3 Å². The standard InChI is InChI=1S/C26H26Br2O4S2/c27-23-21(33(29,30)19-11-5-3-6-12-19)17-25-15-9-1-2-10-16-26(23,25)24(28)22(18-25)34(31,32)20-13-7-4-8-14-20/h3-8,11-14,17-18,23-24H,1-2,9-10,15-16H2. The molecule has 34 heavy (non-hydrogen) atoms. The van der Waals surface area contributed by atoms with Crippen molar-refractivity contribution in [2.75, 3.05) is 0 Å². The highest BCUT2D eigenvalue weighted by Gasteiger charge is 2.67. The lowest BCUT2D eigenvalue weighted by molar-refractivity contribution is 0.138. The molecular formula is C26H26Br2O4S2. The van der Waals surface area contributed by atoms with E-state index in [0.717, 1.165) is 38.5 Å². The first-order valence-corrected chi connectivity index (χ1v) is 16.3. The number of sulfone groups is 2. The van der Waals surface area contributed by atoms with Crippen molar-refractivity contribution in [1.29, 1.82) is 0 Å². The second-order valence-corrected chi connectivity index (χ2v) is 15.2. The number of alkyl halides is 2. The Kier molecular flexibility index (Phi) is 6.27. The van der Waals surface area contributed by atoms with E-state index < -0.39 is 40.2 Å². The molecule has 5 rings (SSSR count). The van der Waals surface area contributed by atoms with Gasteiger partial charge in [-0.2, -0.15) is 0 Å². The van der Waals surface area contributed by atoms with Gasteiger partial charge in [0.1, 0.15) is 0 Å². The highest BCUT2D eigenvalue weighted by atomic mass is 79.9. The van der Waals surface area contributed by atoms with Gasteiger partial charge in [-0.3, -0.25) is 0 Å². The Morgan fingerprint density at radius 1 is 0.618 bits per heavy atom. The Hall–Kier alpha value is -1.22. The molecule has 180 valence electrons. The van der Waals surface area contributed by atoms with Crippen molar-refractivity contribution in [3.63, 3.8) is 0 Å². The number of benzene rings is 2. The van der Waals surface area contributed by atoms with Crippen LogP contribution >= 0.6 is 31.9 Å². The van der Waals surface area contributed by atoms with Crippen molar-refractivity contribution in [3.8, 4) is 0 Å². The minimum atomic E-state index is -3.74. The number of hydrogen-bond donors (Lipinski definition) is 0. The van der Waals surface area contributed by atoms with Crippen LogP contribution in [0.3, 0.4) is 0 Å². The van der Waals surface area contributed by atoms with Crippen LogP contribution in [0.15, 0.2) is 92.4 Å². The van der Waals surface area contributed by atoms with Gasteiger partial charge in [0.2, 0.25) is 19.7 Å². The molecule has 0 aromatic heterocycles. The van der Waals surface area contributed by atoms with Crippen LogP contribution in [0.1, 0.15) is 38.5 Å². The maximum Gasteiger partial charge on any atom is 0.203 e. The number of hydrogen-bond acceptors (Lipinski definition) is 4. The molecule has 8 heteroatoms. The van der Waals surface area contributed by atoms with Crippen molar-refractivity contribution in [2.24, 2.45) is 10.8 Å². The molecule has 0 saturated heterocycles. The van der Waals surface area contributed by atoms with E-state index in [2.05, 4.69) is 31.9 Å². The average Bonchev–Trinajstić information content (AvgIpc) is 3.21. The van der Waals surface area contributed by atoms with Crippen LogP contribution < -0.4 is 0 Å². The first-order valence-electron chi connectivity index (χ1n) is 11.5. The first kappa shape index (κ1) is 24.5. The summed E-state index contributed by atoms with van der Waals surface area (Å²) in [7, 11) is -7.47. The lowest BCUT2D eigenvalue weighted by Gasteiger charge is -2.46. The normalized spacial score (nSPS) is 31.6. The highest BCUT2D eigenvalue weighted by Crippen LogP contribution is 2.70. The van der Waals surface area contributed by atoms with Crippen molar-refractivity contribution < 1.29 is 16.8 Å². The highest BCUT2D eigenvalue weighted by molar-refractivity contribution is 9.10. The summed E-state index contributed by atoms with van der Waals surface area (Å²) in [6.07, 6.45) is 9.16. The fraction of sp³-hybridized carbons (Fsp3) is 0.385. The van der Waals surface area contributed by atoms with Crippen LogP contribution in [0.2, 0.25) is 0 Å². The van der Waals surface area contributed by atoms with Gasteiger partial charge in [0.15, 0.2) is 0 Å². The predicted molar refractivity (Wildman–Crippen MR) is 141 cm³/mol. The molecule has 0 bridgehead atoms. The average molecular weight is 626 g/mol. The maximum atomic E-state index is 13.7. The van der Waals surface area contributed by atoms with Gasteiger partial charge >= 0.3 is 0 Å². The van der Waals surface area contributed by atoms with Gasteiger partial charge in [0.25, 0.3) is 0 Å². The Balaban J connectivity index is 1.72. The first-order chi connectivity index (χ1) is 16.2. The van der Waals surface area contributed by atoms with Crippen LogP contribution in [0.5, 0.6) is 0 Å². The minimum Gasteiger partial charge on any atom is -0.219 e. The summed E-state index contributed by atoms with van der Waals surface area (Å²) in [4.78, 5) is 0.200. The van der Waals surface area contributed by atoms with Gasteiger partial charge in [-0.05, 0) is 37.1 Å². The Morgan fingerprint density at radius 3 is 1.47 bits per heavy atom. The van der Waals surface area contributed by atoms with Gasteiger partial charge in [-0.1, -0.05) is 106 Å². The summed E-state index contributed by atoms with van der Waals surface area (Å²) in [5.41, 5.74) is -1.29. The SMILES string of the molecule is O=S(=O)(C1=CC23C=C(S(=O)(=O)c4ccccc4)C(Br)C2(CCCCCC3)C1Br)c1ccccc1. The maximum absolute atomic E-state index is 13.7. The Morgan fingerprint density at radius 2 is 1.03 bits per heavy atom. The Labute approximate surface area is 218 Å². The van der Waals surface area contributed by atoms with Crippen LogP contribution in [-0.4, -0.2) is 26.5 Å². The number of halogens is 2. The zero-order valence-electron chi connectivity index (χ0n) is 18.5.